The van der Waals surface area contributed by atoms with E-state index in [4.69, 9.17) is 5.73 Å². The first-order valence-electron chi connectivity index (χ1n) is 4.80. The summed E-state index contributed by atoms with van der Waals surface area (Å²) in [6.07, 6.45) is 0. The van der Waals surface area contributed by atoms with E-state index in [0.717, 1.165) is 0 Å². The average molecular weight is 225 g/mol. The summed E-state index contributed by atoms with van der Waals surface area (Å²) in [7, 11) is 0. The Kier molecular flexibility index (Phi) is 3.26. The SMILES string of the molecule is CC(C)(C)c1nc(C(=O)NCC(N)=O)n[nH]1. The van der Waals surface area contributed by atoms with Crippen molar-refractivity contribution in [1.82, 2.24) is 20.5 Å². The van der Waals surface area contributed by atoms with Gasteiger partial charge in [0, 0.05) is 5.41 Å². The van der Waals surface area contributed by atoms with E-state index in [-0.39, 0.29) is 17.8 Å². The van der Waals surface area contributed by atoms with E-state index in [0.29, 0.717) is 5.82 Å². The van der Waals surface area contributed by atoms with Gasteiger partial charge in [0.15, 0.2) is 0 Å². The summed E-state index contributed by atoms with van der Waals surface area (Å²) in [5.41, 5.74) is 4.68. The summed E-state index contributed by atoms with van der Waals surface area (Å²) in [4.78, 5) is 25.9. The number of rotatable bonds is 3. The quantitative estimate of drug-likeness (QED) is 0.632. The zero-order valence-electron chi connectivity index (χ0n) is 9.50. The van der Waals surface area contributed by atoms with Crippen LogP contribution in [-0.4, -0.2) is 33.5 Å². The number of nitrogens with two attached hydrogens (primary N) is 1. The van der Waals surface area contributed by atoms with Crippen molar-refractivity contribution in [2.24, 2.45) is 5.73 Å². The minimum absolute atomic E-state index is 0.00572. The van der Waals surface area contributed by atoms with Crippen LogP contribution in [0.1, 0.15) is 37.2 Å². The third-order valence-corrected chi connectivity index (χ3v) is 1.82. The van der Waals surface area contributed by atoms with Crippen molar-refractivity contribution >= 4 is 11.8 Å². The molecule has 0 saturated carbocycles. The normalized spacial score (nSPS) is 11.2. The Morgan fingerprint density at radius 3 is 2.50 bits per heavy atom. The van der Waals surface area contributed by atoms with E-state index >= 15 is 0 Å². The van der Waals surface area contributed by atoms with Gasteiger partial charge in [0.2, 0.25) is 11.7 Å². The highest BCUT2D eigenvalue weighted by Crippen LogP contribution is 2.17. The summed E-state index contributed by atoms with van der Waals surface area (Å²) in [6.45, 7) is 5.61. The molecule has 0 fully saturated rings. The van der Waals surface area contributed by atoms with Gasteiger partial charge in [-0.2, -0.15) is 0 Å². The van der Waals surface area contributed by atoms with Crippen molar-refractivity contribution in [2.75, 3.05) is 6.54 Å². The number of nitrogens with one attached hydrogen (secondary N) is 2. The second kappa shape index (κ2) is 4.30. The van der Waals surface area contributed by atoms with Gasteiger partial charge in [-0.3, -0.25) is 14.7 Å². The van der Waals surface area contributed by atoms with Gasteiger partial charge in [-0.25, -0.2) is 4.98 Å². The maximum absolute atomic E-state index is 11.4. The first-order chi connectivity index (χ1) is 7.30. The van der Waals surface area contributed by atoms with Crippen LogP contribution in [0.15, 0.2) is 0 Å². The second-order valence-electron chi connectivity index (χ2n) is 4.41. The predicted molar refractivity (Wildman–Crippen MR) is 56.6 cm³/mol. The van der Waals surface area contributed by atoms with Crippen LogP contribution >= 0.6 is 0 Å². The smallest absolute Gasteiger partial charge is 0.291 e. The van der Waals surface area contributed by atoms with Crippen molar-refractivity contribution in [3.63, 3.8) is 0 Å². The molecule has 1 rings (SSSR count). The molecule has 0 bridgehead atoms. The number of nitrogens with zero attached hydrogens (tertiary/aromatic N) is 2. The Hall–Kier alpha value is -1.92. The van der Waals surface area contributed by atoms with Crippen molar-refractivity contribution in [1.29, 1.82) is 0 Å². The monoisotopic (exact) mass is 225 g/mol. The number of hydrogen-bond acceptors (Lipinski definition) is 4. The Labute approximate surface area is 92.8 Å². The van der Waals surface area contributed by atoms with E-state index in [1.807, 2.05) is 20.8 Å². The van der Waals surface area contributed by atoms with Gasteiger partial charge in [0.25, 0.3) is 5.91 Å². The average Bonchev–Trinajstić information content (AvgIpc) is 2.61. The number of amides is 2. The molecule has 4 N–H and O–H groups in total. The molecule has 0 aliphatic carbocycles. The first-order valence-corrected chi connectivity index (χ1v) is 4.80. The second-order valence-corrected chi connectivity index (χ2v) is 4.41. The van der Waals surface area contributed by atoms with Crippen LogP contribution in [0, 0.1) is 0 Å². The molecule has 1 aromatic heterocycles. The molecule has 0 spiro atoms. The van der Waals surface area contributed by atoms with Gasteiger partial charge in [-0.15, -0.1) is 5.10 Å². The number of aromatic amines is 1. The van der Waals surface area contributed by atoms with Gasteiger partial charge in [0.05, 0.1) is 6.54 Å². The number of carbonyl (C=O) groups excluding carboxylic acids is 2. The molecule has 0 aliphatic rings. The van der Waals surface area contributed by atoms with Crippen LogP contribution in [-0.2, 0) is 10.2 Å². The molecule has 7 heteroatoms. The van der Waals surface area contributed by atoms with E-state index in [1.54, 1.807) is 0 Å². The predicted octanol–water partition coefficient (Wildman–Crippen LogP) is -0.683. The Morgan fingerprint density at radius 2 is 2.06 bits per heavy atom. The third kappa shape index (κ3) is 3.04. The highest BCUT2D eigenvalue weighted by atomic mass is 16.2. The largest absolute Gasteiger partial charge is 0.368 e. The van der Waals surface area contributed by atoms with Crippen molar-refractivity contribution < 1.29 is 9.59 Å². The lowest BCUT2D eigenvalue weighted by atomic mass is 9.96. The van der Waals surface area contributed by atoms with Crippen LogP contribution in [0.2, 0.25) is 0 Å². The highest BCUT2D eigenvalue weighted by Gasteiger charge is 2.21. The van der Waals surface area contributed by atoms with Crippen molar-refractivity contribution in [2.45, 2.75) is 26.2 Å². The van der Waals surface area contributed by atoms with E-state index in [9.17, 15) is 9.59 Å². The fourth-order valence-corrected chi connectivity index (χ4v) is 0.945. The number of carbonyl (C=O) groups is 2. The molecule has 0 saturated heterocycles. The molecule has 0 aromatic carbocycles. The third-order valence-electron chi connectivity index (χ3n) is 1.82. The molecule has 0 radical (unpaired) electrons. The van der Waals surface area contributed by atoms with E-state index in [1.165, 1.54) is 0 Å². The zero-order chi connectivity index (χ0) is 12.3. The minimum atomic E-state index is -0.611. The van der Waals surface area contributed by atoms with Gasteiger partial charge >= 0.3 is 0 Å². The van der Waals surface area contributed by atoms with Crippen LogP contribution in [0.4, 0.5) is 0 Å². The van der Waals surface area contributed by atoms with Crippen LogP contribution in [0.25, 0.3) is 0 Å². The molecule has 0 unspecified atom stereocenters. The summed E-state index contributed by atoms with van der Waals surface area (Å²) >= 11 is 0. The Bertz CT molecular complexity index is 404. The first kappa shape index (κ1) is 12.2. The number of H-pyrrole nitrogens is 1. The van der Waals surface area contributed by atoms with Crippen molar-refractivity contribution in [3.05, 3.63) is 11.6 Å². The fraction of sp³-hybridized carbons (Fsp3) is 0.556. The van der Waals surface area contributed by atoms with E-state index in [2.05, 4.69) is 20.5 Å². The van der Waals surface area contributed by atoms with Crippen molar-refractivity contribution in [3.8, 4) is 0 Å². The molecule has 2 amide bonds. The topological polar surface area (TPSA) is 114 Å². The van der Waals surface area contributed by atoms with Gasteiger partial charge < -0.3 is 11.1 Å². The lowest BCUT2D eigenvalue weighted by Gasteiger charge is -2.12. The summed E-state index contributed by atoms with van der Waals surface area (Å²) < 4.78 is 0. The molecular weight excluding hydrogens is 210 g/mol. The van der Waals surface area contributed by atoms with Crippen LogP contribution < -0.4 is 11.1 Å². The van der Waals surface area contributed by atoms with Crippen LogP contribution in [0.5, 0.6) is 0 Å². The fourth-order valence-electron chi connectivity index (χ4n) is 0.945. The molecule has 1 heterocycles. The lowest BCUT2D eigenvalue weighted by molar-refractivity contribution is -0.117. The number of primary amides is 1. The van der Waals surface area contributed by atoms with E-state index < -0.39 is 11.8 Å². The summed E-state index contributed by atoms with van der Waals surface area (Å²) in [5.74, 6) is -0.520. The molecule has 0 aliphatic heterocycles. The Morgan fingerprint density at radius 1 is 1.44 bits per heavy atom. The molecule has 88 valence electrons. The Balaban J connectivity index is 2.71. The van der Waals surface area contributed by atoms with Gasteiger partial charge in [0.1, 0.15) is 5.82 Å². The highest BCUT2D eigenvalue weighted by molar-refractivity contribution is 5.93. The molecule has 1 aromatic rings. The molecule has 0 atom stereocenters. The number of aromatic nitrogens is 3. The van der Waals surface area contributed by atoms with Gasteiger partial charge in [-0.1, -0.05) is 20.8 Å². The number of hydrogen-bond donors (Lipinski definition) is 3. The maximum atomic E-state index is 11.4. The molecular formula is C9H15N5O2. The zero-order valence-corrected chi connectivity index (χ0v) is 9.50. The standard InChI is InChI=1S/C9H15N5O2/c1-9(2,3)8-12-6(13-14-8)7(16)11-4-5(10)15/h4H2,1-3H3,(H2,10,15)(H,11,16)(H,12,13,14). The summed E-state index contributed by atoms with van der Waals surface area (Å²) in [5, 5.41) is 8.74. The van der Waals surface area contributed by atoms with Crippen LogP contribution in [0.3, 0.4) is 0 Å². The summed E-state index contributed by atoms with van der Waals surface area (Å²) in [6, 6.07) is 0. The van der Waals surface area contributed by atoms with Gasteiger partial charge in [-0.05, 0) is 0 Å². The maximum Gasteiger partial charge on any atom is 0.291 e. The lowest BCUT2D eigenvalue weighted by Crippen LogP contribution is -2.33. The minimum Gasteiger partial charge on any atom is -0.368 e. The molecule has 16 heavy (non-hydrogen) atoms. The molecule has 7 nitrogen and oxygen atoms in total.